The molecule has 0 bridgehead atoms. The number of carbonyl (C=O) groups is 1. The maximum absolute atomic E-state index is 12.6. The lowest BCUT2D eigenvalue weighted by Crippen LogP contribution is -2.42. The fourth-order valence-electron chi connectivity index (χ4n) is 3.00. The van der Waals surface area contributed by atoms with Gasteiger partial charge in [-0.3, -0.25) is 10.1 Å². The highest BCUT2D eigenvalue weighted by atomic mass is 16.5. The van der Waals surface area contributed by atoms with Gasteiger partial charge in [-0.05, 0) is 36.6 Å². The summed E-state index contributed by atoms with van der Waals surface area (Å²) in [4.78, 5) is 14.5. The van der Waals surface area contributed by atoms with Crippen LogP contribution in [-0.2, 0) is 16.0 Å². The van der Waals surface area contributed by atoms with Gasteiger partial charge in [0.05, 0.1) is 25.5 Å². The van der Waals surface area contributed by atoms with Crippen LogP contribution in [-0.4, -0.2) is 32.7 Å². The van der Waals surface area contributed by atoms with Crippen molar-refractivity contribution in [2.75, 3.05) is 31.7 Å². The van der Waals surface area contributed by atoms with Crippen LogP contribution in [0.1, 0.15) is 23.8 Å². The molecule has 0 saturated carbocycles. The Labute approximate surface area is 136 Å². The van der Waals surface area contributed by atoms with E-state index in [1.54, 1.807) is 13.4 Å². The van der Waals surface area contributed by atoms with Crippen molar-refractivity contribution in [2.24, 2.45) is 0 Å². The second-order valence-electron chi connectivity index (χ2n) is 5.68. The van der Waals surface area contributed by atoms with E-state index in [9.17, 15) is 4.79 Å². The predicted octanol–water partition coefficient (Wildman–Crippen LogP) is 2.54. The first kappa shape index (κ1) is 15.8. The zero-order valence-electron chi connectivity index (χ0n) is 13.3. The minimum Gasteiger partial charge on any atom is -0.468 e. The highest BCUT2D eigenvalue weighted by molar-refractivity contribution is 5.95. The van der Waals surface area contributed by atoms with Gasteiger partial charge in [-0.25, -0.2) is 0 Å². The van der Waals surface area contributed by atoms with Gasteiger partial charge in [-0.1, -0.05) is 18.2 Å². The summed E-state index contributed by atoms with van der Waals surface area (Å²) in [6.45, 7) is 1.48. The van der Waals surface area contributed by atoms with E-state index >= 15 is 0 Å². The Kier molecular flexibility index (Phi) is 5.10. The molecule has 0 aliphatic carbocycles. The molecule has 1 aromatic carbocycles. The monoisotopic (exact) mass is 314 g/mol. The molecule has 0 unspecified atom stereocenters. The van der Waals surface area contributed by atoms with Gasteiger partial charge in [0.1, 0.15) is 5.76 Å². The number of para-hydroxylation sites is 1. The highest BCUT2D eigenvalue weighted by Gasteiger charge is 2.23. The third-order valence-corrected chi connectivity index (χ3v) is 4.13. The average molecular weight is 314 g/mol. The number of furan rings is 1. The number of nitrogens with one attached hydrogen (secondary N) is 1. The van der Waals surface area contributed by atoms with Crippen LogP contribution in [0.5, 0.6) is 0 Å². The summed E-state index contributed by atoms with van der Waals surface area (Å²) >= 11 is 0. The van der Waals surface area contributed by atoms with E-state index in [4.69, 9.17) is 9.15 Å². The van der Waals surface area contributed by atoms with Gasteiger partial charge in [0, 0.05) is 19.3 Å². The number of nitrogens with zero attached hydrogens (tertiary/aromatic N) is 1. The van der Waals surface area contributed by atoms with E-state index in [2.05, 4.69) is 11.4 Å². The van der Waals surface area contributed by atoms with E-state index in [0.717, 1.165) is 30.8 Å². The van der Waals surface area contributed by atoms with Gasteiger partial charge in [0.15, 0.2) is 0 Å². The van der Waals surface area contributed by atoms with Gasteiger partial charge in [0.25, 0.3) is 0 Å². The molecule has 1 atom stereocenters. The number of anilines is 1. The Bertz CT molecular complexity index is 639. The molecule has 1 N–H and O–H groups in total. The van der Waals surface area contributed by atoms with Gasteiger partial charge in [-0.2, -0.15) is 0 Å². The number of benzene rings is 1. The van der Waals surface area contributed by atoms with Crippen LogP contribution < -0.4 is 10.2 Å². The van der Waals surface area contributed by atoms with Crippen LogP contribution in [0, 0.1) is 0 Å². The molecular weight excluding hydrogens is 292 g/mol. The number of rotatable bonds is 6. The molecule has 122 valence electrons. The summed E-state index contributed by atoms with van der Waals surface area (Å²) in [6.07, 6.45) is 3.66. The van der Waals surface area contributed by atoms with Crippen molar-refractivity contribution in [3.05, 3.63) is 54.0 Å². The zero-order chi connectivity index (χ0) is 16.1. The quantitative estimate of drug-likeness (QED) is 0.890. The average Bonchev–Trinajstić information content (AvgIpc) is 3.12. The minimum absolute atomic E-state index is 0.0739. The van der Waals surface area contributed by atoms with Gasteiger partial charge in [0.2, 0.25) is 5.91 Å². The summed E-state index contributed by atoms with van der Waals surface area (Å²) < 4.78 is 10.6. The molecule has 0 fully saturated rings. The van der Waals surface area contributed by atoms with Crippen molar-refractivity contribution in [3.8, 4) is 0 Å². The van der Waals surface area contributed by atoms with E-state index in [-0.39, 0.29) is 18.5 Å². The van der Waals surface area contributed by atoms with Gasteiger partial charge < -0.3 is 14.1 Å². The maximum atomic E-state index is 12.6. The second-order valence-corrected chi connectivity index (χ2v) is 5.68. The van der Waals surface area contributed by atoms with E-state index in [1.165, 1.54) is 5.56 Å². The lowest BCUT2D eigenvalue weighted by Gasteiger charge is -2.30. The summed E-state index contributed by atoms with van der Waals surface area (Å²) in [5.41, 5.74) is 2.28. The zero-order valence-corrected chi connectivity index (χ0v) is 13.3. The Morgan fingerprint density at radius 1 is 1.35 bits per heavy atom. The SMILES string of the molecule is COC[C@@H](NCC(=O)N1CCCc2ccccc21)c1ccco1. The fourth-order valence-corrected chi connectivity index (χ4v) is 3.00. The number of methoxy groups -OCH3 is 1. The minimum atomic E-state index is -0.126. The summed E-state index contributed by atoms with van der Waals surface area (Å²) in [5, 5.41) is 3.24. The third-order valence-electron chi connectivity index (χ3n) is 4.13. The first-order chi connectivity index (χ1) is 11.3. The molecule has 0 spiro atoms. The maximum Gasteiger partial charge on any atom is 0.240 e. The van der Waals surface area contributed by atoms with Gasteiger partial charge in [-0.15, -0.1) is 0 Å². The Hall–Kier alpha value is -2.11. The van der Waals surface area contributed by atoms with Crippen LogP contribution in [0.3, 0.4) is 0 Å². The molecule has 3 rings (SSSR count). The number of hydrogen-bond acceptors (Lipinski definition) is 4. The number of amides is 1. The van der Waals surface area contributed by atoms with Crippen molar-refractivity contribution < 1.29 is 13.9 Å². The summed E-state index contributed by atoms with van der Waals surface area (Å²) in [7, 11) is 1.64. The topological polar surface area (TPSA) is 54.7 Å². The molecule has 5 nitrogen and oxygen atoms in total. The molecule has 23 heavy (non-hydrogen) atoms. The predicted molar refractivity (Wildman–Crippen MR) is 88.4 cm³/mol. The van der Waals surface area contributed by atoms with Crippen LogP contribution in [0.15, 0.2) is 47.1 Å². The van der Waals surface area contributed by atoms with E-state index in [0.29, 0.717) is 6.61 Å². The van der Waals surface area contributed by atoms with Crippen LogP contribution in [0.2, 0.25) is 0 Å². The van der Waals surface area contributed by atoms with Crippen molar-refractivity contribution in [1.82, 2.24) is 5.32 Å². The standard InChI is InChI=1S/C18H22N2O3/c1-22-13-15(17-9-5-11-23-17)19-12-18(21)20-10-4-7-14-6-2-3-8-16(14)20/h2-3,5-6,8-9,11,15,19H,4,7,10,12-13H2,1H3/t15-/m1/s1. The summed E-state index contributed by atoms with van der Waals surface area (Å²) in [6, 6.07) is 11.7. The molecule has 0 radical (unpaired) electrons. The van der Waals surface area contributed by atoms with Crippen LogP contribution in [0.25, 0.3) is 0 Å². The first-order valence-corrected chi connectivity index (χ1v) is 7.93. The van der Waals surface area contributed by atoms with Gasteiger partial charge >= 0.3 is 0 Å². The third kappa shape index (κ3) is 3.63. The lowest BCUT2D eigenvalue weighted by molar-refractivity contribution is -0.118. The van der Waals surface area contributed by atoms with E-state index < -0.39 is 0 Å². The number of hydrogen-bond donors (Lipinski definition) is 1. The number of ether oxygens (including phenoxy) is 1. The molecule has 1 aromatic heterocycles. The second kappa shape index (κ2) is 7.44. The first-order valence-electron chi connectivity index (χ1n) is 7.93. The molecule has 1 aliphatic heterocycles. The molecule has 2 heterocycles. The normalized spacial score (nSPS) is 15.3. The van der Waals surface area contributed by atoms with Crippen molar-refractivity contribution in [1.29, 1.82) is 0 Å². The van der Waals surface area contributed by atoms with E-state index in [1.807, 2.05) is 35.2 Å². The highest BCUT2D eigenvalue weighted by Crippen LogP contribution is 2.26. The number of carbonyl (C=O) groups excluding carboxylic acids is 1. The van der Waals surface area contributed by atoms with Crippen molar-refractivity contribution >= 4 is 11.6 Å². The number of aryl methyl sites for hydroxylation is 1. The fraction of sp³-hybridized carbons (Fsp3) is 0.389. The lowest BCUT2D eigenvalue weighted by atomic mass is 10.0. The van der Waals surface area contributed by atoms with Crippen molar-refractivity contribution in [2.45, 2.75) is 18.9 Å². The molecule has 5 heteroatoms. The largest absolute Gasteiger partial charge is 0.468 e. The molecule has 1 amide bonds. The molecule has 1 aliphatic rings. The summed E-state index contributed by atoms with van der Waals surface area (Å²) in [5.74, 6) is 0.850. The van der Waals surface area contributed by atoms with Crippen LogP contribution in [0.4, 0.5) is 5.69 Å². The Morgan fingerprint density at radius 2 is 2.22 bits per heavy atom. The molecule has 2 aromatic rings. The Morgan fingerprint density at radius 3 is 3.00 bits per heavy atom. The molecule has 0 saturated heterocycles. The van der Waals surface area contributed by atoms with Crippen molar-refractivity contribution in [3.63, 3.8) is 0 Å². The smallest absolute Gasteiger partial charge is 0.240 e. The number of fused-ring (bicyclic) bond motifs is 1. The Balaban J connectivity index is 1.65. The van der Waals surface area contributed by atoms with Crippen LogP contribution >= 0.6 is 0 Å². The molecular formula is C18H22N2O3.